The van der Waals surface area contributed by atoms with E-state index >= 15 is 0 Å². The Hall–Kier alpha value is -2.60. The number of hydrogen-bond acceptors (Lipinski definition) is 0. The predicted molar refractivity (Wildman–Crippen MR) is 153 cm³/mol. The molecule has 2 aromatic carbocycles. The number of alkyl halides is 1. The molecule has 0 atom stereocenters. The minimum absolute atomic E-state index is 0.383. The van der Waals surface area contributed by atoms with Crippen molar-refractivity contribution in [3.63, 3.8) is 0 Å². The molecule has 0 spiro atoms. The van der Waals surface area contributed by atoms with Crippen molar-refractivity contribution >= 4 is 17.2 Å². The molecule has 2 aliphatic rings. The van der Waals surface area contributed by atoms with Crippen LogP contribution in [0.3, 0.4) is 0 Å². The third kappa shape index (κ3) is 7.45. The van der Waals surface area contributed by atoms with Gasteiger partial charge in [0.15, 0.2) is 0 Å². The SMILES string of the molecule is C=C(C)CCC=C(C)C1=C=CCc2ccc(Cl)cc2C(CCCc2cc(CF)cc(C3CC3)c2)=CC1. The fourth-order valence-corrected chi connectivity index (χ4v) is 5.19. The van der Waals surface area contributed by atoms with Crippen molar-refractivity contribution in [1.29, 1.82) is 0 Å². The average molecular weight is 501 g/mol. The summed E-state index contributed by atoms with van der Waals surface area (Å²) in [5.74, 6) is 0.644. The Kier molecular flexibility index (Phi) is 9.24. The predicted octanol–water partition coefficient (Wildman–Crippen LogP) is 10.4. The molecule has 2 aromatic rings. The van der Waals surface area contributed by atoms with Gasteiger partial charge in [-0.15, -0.1) is 12.3 Å². The smallest absolute Gasteiger partial charge is 0.115 e. The molecule has 2 aliphatic carbocycles. The molecule has 1 fully saturated rings. The van der Waals surface area contributed by atoms with Gasteiger partial charge in [-0.2, -0.15) is 0 Å². The molecule has 0 saturated heterocycles. The Labute approximate surface area is 222 Å². The second-order valence-corrected chi connectivity index (χ2v) is 10.9. The number of fused-ring (bicyclic) bond motifs is 1. The zero-order valence-corrected chi connectivity index (χ0v) is 22.6. The van der Waals surface area contributed by atoms with Crippen LogP contribution in [0.4, 0.5) is 4.39 Å². The van der Waals surface area contributed by atoms with Crippen LogP contribution < -0.4 is 0 Å². The topological polar surface area (TPSA) is 0 Å². The average Bonchev–Trinajstić information content (AvgIpc) is 3.70. The summed E-state index contributed by atoms with van der Waals surface area (Å²) in [5.41, 5.74) is 14.6. The van der Waals surface area contributed by atoms with Crippen molar-refractivity contribution in [3.05, 3.63) is 116 Å². The lowest BCUT2D eigenvalue weighted by atomic mass is 9.91. The van der Waals surface area contributed by atoms with Crippen LogP contribution in [0.1, 0.15) is 92.5 Å². The zero-order chi connectivity index (χ0) is 25.5. The number of hydrogen-bond donors (Lipinski definition) is 0. The fourth-order valence-electron chi connectivity index (χ4n) is 5.02. The molecule has 0 heterocycles. The van der Waals surface area contributed by atoms with Crippen molar-refractivity contribution in [2.24, 2.45) is 0 Å². The Balaban J connectivity index is 1.53. The first-order valence-corrected chi connectivity index (χ1v) is 13.7. The number of aryl methyl sites for hydroxylation is 1. The Morgan fingerprint density at radius 1 is 1.08 bits per heavy atom. The zero-order valence-electron chi connectivity index (χ0n) is 21.8. The molecule has 0 N–H and O–H groups in total. The number of rotatable bonds is 10. The highest BCUT2D eigenvalue weighted by Gasteiger charge is 2.24. The minimum atomic E-state index is -0.383. The van der Waals surface area contributed by atoms with Gasteiger partial charge in [0.05, 0.1) is 0 Å². The maximum Gasteiger partial charge on any atom is 0.115 e. The van der Waals surface area contributed by atoms with E-state index in [1.165, 1.54) is 57.4 Å². The third-order valence-corrected chi connectivity index (χ3v) is 7.49. The van der Waals surface area contributed by atoms with E-state index in [0.29, 0.717) is 5.92 Å². The summed E-state index contributed by atoms with van der Waals surface area (Å²) in [4.78, 5) is 0. The molecule has 2 heteroatoms. The van der Waals surface area contributed by atoms with E-state index in [0.717, 1.165) is 55.5 Å². The first-order valence-electron chi connectivity index (χ1n) is 13.3. The van der Waals surface area contributed by atoms with Crippen molar-refractivity contribution in [2.45, 2.75) is 84.2 Å². The largest absolute Gasteiger partial charge is 0.246 e. The Bertz CT molecular complexity index is 1230. The molecule has 1 saturated carbocycles. The third-order valence-electron chi connectivity index (χ3n) is 7.26. The van der Waals surface area contributed by atoms with Gasteiger partial charge in [0.1, 0.15) is 6.67 Å². The summed E-state index contributed by atoms with van der Waals surface area (Å²) in [7, 11) is 0. The van der Waals surface area contributed by atoms with Gasteiger partial charge in [-0.3, -0.25) is 0 Å². The number of allylic oxidation sites excluding steroid dienone is 6. The molecule has 36 heavy (non-hydrogen) atoms. The van der Waals surface area contributed by atoms with Gasteiger partial charge < -0.3 is 0 Å². The van der Waals surface area contributed by atoms with E-state index < -0.39 is 0 Å². The fraction of sp³-hybridized carbons (Fsp3) is 0.382. The van der Waals surface area contributed by atoms with Gasteiger partial charge >= 0.3 is 0 Å². The highest BCUT2D eigenvalue weighted by molar-refractivity contribution is 6.30. The van der Waals surface area contributed by atoms with Gasteiger partial charge in [0.2, 0.25) is 0 Å². The maximum atomic E-state index is 13.5. The van der Waals surface area contributed by atoms with Gasteiger partial charge in [0.25, 0.3) is 0 Å². The summed E-state index contributed by atoms with van der Waals surface area (Å²) in [5, 5.41) is 0.775. The van der Waals surface area contributed by atoms with Crippen molar-refractivity contribution in [3.8, 4) is 0 Å². The van der Waals surface area contributed by atoms with Gasteiger partial charge in [-0.1, -0.05) is 53.6 Å². The maximum absolute atomic E-state index is 13.5. The quantitative estimate of drug-likeness (QED) is 0.225. The van der Waals surface area contributed by atoms with E-state index in [9.17, 15) is 4.39 Å². The lowest BCUT2D eigenvalue weighted by Crippen LogP contribution is -1.96. The highest BCUT2D eigenvalue weighted by Crippen LogP contribution is 2.41. The van der Waals surface area contributed by atoms with E-state index in [4.69, 9.17) is 11.6 Å². The first kappa shape index (κ1) is 26.5. The van der Waals surface area contributed by atoms with Gasteiger partial charge in [0, 0.05) is 10.6 Å². The van der Waals surface area contributed by atoms with E-state index in [1.54, 1.807) is 0 Å². The van der Waals surface area contributed by atoms with Crippen LogP contribution in [0.5, 0.6) is 0 Å². The normalized spacial score (nSPS) is 15.9. The van der Waals surface area contributed by atoms with Crippen LogP contribution in [0, 0.1) is 0 Å². The Morgan fingerprint density at radius 2 is 1.89 bits per heavy atom. The summed E-state index contributed by atoms with van der Waals surface area (Å²) in [6.07, 6.45) is 16.0. The molecule has 0 nitrogen and oxygen atoms in total. The minimum Gasteiger partial charge on any atom is -0.246 e. The van der Waals surface area contributed by atoms with E-state index in [-0.39, 0.29) is 6.67 Å². The number of halogens is 2. The molecule has 0 radical (unpaired) electrons. The molecule has 4 rings (SSSR count). The molecular weight excluding hydrogens is 463 g/mol. The molecular formula is C34H38ClF. The van der Waals surface area contributed by atoms with Crippen LogP contribution in [0.2, 0.25) is 5.02 Å². The summed E-state index contributed by atoms with van der Waals surface area (Å²) in [6.45, 7) is 7.92. The van der Waals surface area contributed by atoms with Crippen molar-refractivity contribution in [2.75, 3.05) is 0 Å². The standard InChI is InChI=1S/C34H38ClF/c1-24(2)7-4-8-25(3)28-10-6-12-31-17-18-33(35)22-34(31)30(16-13-28)11-5-9-26-19-27(23-36)21-32(20-26)29-14-15-29/h6,8,16-22,29H,1,4-5,7,9,11-15,23H2,2-3H3. The van der Waals surface area contributed by atoms with Crippen LogP contribution in [-0.4, -0.2) is 0 Å². The van der Waals surface area contributed by atoms with Crippen LogP contribution in [-0.2, 0) is 19.5 Å². The monoisotopic (exact) mass is 500 g/mol. The van der Waals surface area contributed by atoms with E-state index in [2.05, 4.69) is 74.7 Å². The Morgan fingerprint density at radius 3 is 2.64 bits per heavy atom. The van der Waals surface area contributed by atoms with Crippen LogP contribution in [0.15, 0.2) is 83.7 Å². The second-order valence-electron chi connectivity index (χ2n) is 10.5. The van der Waals surface area contributed by atoms with Crippen molar-refractivity contribution < 1.29 is 4.39 Å². The molecule has 188 valence electrons. The van der Waals surface area contributed by atoms with Crippen molar-refractivity contribution in [1.82, 2.24) is 0 Å². The lowest BCUT2D eigenvalue weighted by molar-refractivity contribution is 0.484. The van der Waals surface area contributed by atoms with Gasteiger partial charge in [-0.25, -0.2) is 4.39 Å². The summed E-state index contributed by atoms with van der Waals surface area (Å²) >= 11 is 6.44. The molecule has 0 amide bonds. The summed E-state index contributed by atoms with van der Waals surface area (Å²) in [6, 6.07) is 12.7. The molecule has 0 aliphatic heterocycles. The molecule has 0 bridgehead atoms. The van der Waals surface area contributed by atoms with Crippen LogP contribution in [0.25, 0.3) is 5.57 Å². The molecule has 0 unspecified atom stereocenters. The van der Waals surface area contributed by atoms with Crippen LogP contribution >= 0.6 is 11.6 Å². The summed E-state index contributed by atoms with van der Waals surface area (Å²) < 4.78 is 13.5. The van der Waals surface area contributed by atoms with Gasteiger partial charge in [-0.05, 0) is 135 Å². The first-order chi connectivity index (χ1) is 17.4. The number of benzene rings is 2. The molecule has 0 aromatic heterocycles. The second kappa shape index (κ2) is 12.6. The highest BCUT2D eigenvalue weighted by atomic mass is 35.5. The van der Waals surface area contributed by atoms with E-state index in [1.807, 2.05) is 6.07 Å². The lowest BCUT2D eigenvalue weighted by Gasteiger charge is -2.14.